The van der Waals surface area contributed by atoms with E-state index in [4.69, 9.17) is 4.74 Å². The van der Waals surface area contributed by atoms with Crippen LogP contribution in [-0.4, -0.2) is 44.1 Å². The number of aryl methyl sites for hydroxylation is 2. The molecule has 3 heterocycles. The van der Waals surface area contributed by atoms with Gasteiger partial charge in [0.05, 0.1) is 18.4 Å². The number of ether oxygens (including phenoxy) is 1. The molecule has 1 N–H and O–H groups in total. The van der Waals surface area contributed by atoms with Gasteiger partial charge >= 0.3 is 5.97 Å². The normalized spacial score (nSPS) is 11.0. The molecular weight excluding hydrogens is 422 g/mol. The summed E-state index contributed by atoms with van der Waals surface area (Å²) in [6.07, 6.45) is 2.67. The standard InChI is InChI=1S/C20H25N5O3S2/c1-6-25-15(10-14-8-7-9-24(14)4)22-23-20(25)29-11-16(26)21-18-17(19(27)28-5)12(2)13(3)30-18/h7-9H,6,10-11H2,1-5H3,(H,21,26). The molecule has 160 valence electrons. The molecule has 1 amide bonds. The van der Waals surface area contributed by atoms with Gasteiger partial charge in [-0.05, 0) is 38.5 Å². The average molecular weight is 448 g/mol. The quantitative estimate of drug-likeness (QED) is 0.420. The number of hydrogen-bond acceptors (Lipinski definition) is 7. The highest BCUT2D eigenvalue weighted by atomic mass is 32.2. The van der Waals surface area contributed by atoms with E-state index in [2.05, 4.69) is 26.1 Å². The first kappa shape index (κ1) is 22.1. The Balaban J connectivity index is 1.68. The molecule has 0 unspecified atom stereocenters. The van der Waals surface area contributed by atoms with E-state index in [1.54, 1.807) is 0 Å². The van der Waals surface area contributed by atoms with Crippen LogP contribution in [0.4, 0.5) is 5.00 Å². The number of thioether (sulfide) groups is 1. The monoisotopic (exact) mass is 447 g/mol. The number of aromatic nitrogens is 4. The Labute approximate surface area is 183 Å². The summed E-state index contributed by atoms with van der Waals surface area (Å²) in [5.41, 5.74) is 2.39. The number of thiophene rings is 1. The van der Waals surface area contributed by atoms with E-state index in [9.17, 15) is 9.59 Å². The third-order valence-corrected chi connectivity index (χ3v) is 6.95. The van der Waals surface area contributed by atoms with Crippen LogP contribution in [0.3, 0.4) is 0 Å². The van der Waals surface area contributed by atoms with Crippen molar-refractivity contribution in [2.45, 2.75) is 38.9 Å². The minimum atomic E-state index is -0.448. The van der Waals surface area contributed by atoms with Gasteiger partial charge in [0, 0.05) is 36.8 Å². The maximum Gasteiger partial charge on any atom is 0.341 e. The summed E-state index contributed by atoms with van der Waals surface area (Å²) in [5, 5.41) is 12.6. The lowest BCUT2D eigenvalue weighted by molar-refractivity contribution is -0.113. The average Bonchev–Trinajstić information content (AvgIpc) is 3.38. The predicted octanol–water partition coefficient (Wildman–Crippen LogP) is 3.42. The van der Waals surface area contributed by atoms with E-state index in [0.29, 0.717) is 28.7 Å². The lowest BCUT2D eigenvalue weighted by atomic mass is 10.1. The number of anilines is 1. The predicted molar refractivity (Wildman–Crippen MR) is 118 cm³/mol. The topological polar surface area (TPSA) is 91.0 Å². The van der Waals surface area contributed by atoms with Crippen molar-refractivity contribution in [3.63, 3.8) is 0 Å². The molecule has 0 atom stereocenters. The molecule has 3 rings (SSSR count). The van der Waals surface area contributed by atoms with Crippen molar-refractivity contribution in [3.05, 3.63) is 45.9 Å². The van der Waals surface area contributed by atoms with E-state index in [1.165, 1.54) is 30.2 Å². The zero-order valence-electron chi connectivity index (χ0n) is 17.7. The summed E-state index contributed by atoms with van der Waals surface area (Å²) < 4.78 is 8.93. The molecule has 0 bridgehead atoms. The third kappa shape index (κ3) is 4.59. The zero-order chi connectivity index (χ0) is 21.8. The van der Waals surface area contributed by atoms with Crippen molar-refractivity contribution in [1.82, 2.24) is 19.3 Å². The number of methoxy groups -OCH3 is 1. The second kappa shape index (κ2) is 9.48. The van der Waals surface area contributed by atoms with Crippen LogP contribution in [-0.2, 0) is 29.5 Å². The summed E-state index contributed by atoms with van der Waals surface area (Å²) in [6.45, 7) is 6.50. The van der Waals surface area contributed by atoms with Crippen molar-refractivity contribution < 1.29 is 14.3 Å². The minimum Gasteiger partial charge on any atom is -0.465 e. The summed E-state index contributed by atoms with van der Waals surface area (Å²) in [6, 6.07) is 4.05. The summed E-state index contributed by atoms with van der Waals surface area (Å²) in [4.78, 5) is 25.6. The summed E-state index contributed by atoms with van der Waals surface area (Å²) >= 11 is 2.70. The number of esters is 1. The number of amides is 1. The molecule has 0 aliphatic carbocycles. The summed E-state index contributed by atoms with van der Waals surface area (Å²) in [7, 11) is 3.33. The first-order chi connectivity index (χ1) is 14.3. The molecule has 0 radical (unpaired) electrons. The largest absolute Gasteiger partial charge is 0.465 e. The molecule has 0 spiro atoms. The van der Waals surface area contributed by atoms with Gasteiger partial charge in [-0.3, -0.25) is 4.79 Å². The highest BCUT2D eigenvalue weighted by molar-refractivity contribution is 7.99. The van der Waals surface area contributed by atoms with Crippen LogP contribution >= 0.6 is 23.1 Å². The Kier molecular flexibility index (Phi) is 6.99. The lowest BCUT2D eigenvalue weighted by Crippen LogP contribution is -2.16. The van der Waals surface area contributed by atoms with Gasteiger partial charge in [-0.25, -0.2) is 4.79 Å². The molecule has 0 saturated carbocycles. The fourth-order valence-corrected chi connectivity index (χ4v) is 4.96. The Morgan fingerprint density at radius 2 is 2.07 bits per heavy atom. The van der Waals surface area contributed by atoms with Crippen LogP contribution in [0.5, 0.6) is 0 Å². The highest BCUT2D eigenvalue weighted by Crippen LogP contribution is 2.33. The number of nitrogens with zero attached hydrogens (tertiary/aromatic N) is 4. The Morgan fingerprint density at radius 3 is 2.70 bits per heavy atom. The van der Waals surface area contributed by atoms with E-state index in [-0.39, 0.29) is 11.7 Å². The molecule has 0 aromatic carbocycles. The fourth-order valence-electron chi connectivity index (χ4n) is 3.07. The highest BCUT2D eigenvalue weighted by Gasteiger charge is 2.22. The second-order valence-electron chi connectivity index (χ2n) is 6.75. The molecule has 8 nitrogen and oxygen atoms in total. The maximum atomic E-state index is 12.5. The van der Waals surface area contributed by atoms with Crippen LogP contribution < -0.4 is 5.32 Å². The Bertz CT molecular complexity index is 1070. The lowest BCUT2D eigenvalue weighted by Gasteiger charge is -2.08. The number of nitrogens with one attached hydrogen (secondary N) is 1. The maximum absolute atomic E-state index is 12.5. The van der Waals surface area contributed by atoms with Gasteiger partial charge in [-0.1, -0.05) is 11.8 Å². The van der Waals surface area contributed by atoms with Crippen molar-refractivity contribution >= 4 is 40.0 Å². The van der Waals surface area contributed by atoms with Crippen molar-refractivity contribution in [1.29, 1.82) is 0 Å². The number of carbonyl (C=O) groups is 2. The van der Waals surface area contributed by atoms with Crippen molar-refractivity contribution in [2.75, 3.05) is 18.2 Å². The Hall–Kier alpha value is -2.59. The molecule has 0 saturated heterocycles. The van der Waals surface area contributed by atoms with E-state index < -0.39 is 5.97 Å². The molecular formula is C20H25N5O3S2. The molecule has 0 fully saturated rings. The summed E-state index contributed by atoms with van der Waals surface area (Å²) in [5.74, 6) is 0.371. The van der Waals surface area contributed by atoms with Crippen LogP contribution in [0.1, 0.15) is 39.2 Å². The number of hydrogen-bond donors (Lipinski definition) is 1. The van der Waals surface area contributed by atoms with E-state index in [0.717, 1.165) is 22.0 Å². The number of rotatable bonds is 8. The molecule has 30 heavy (non-hydrogen) atoms. The number of carbonyl (C=O) groups excluding carboxylic acids is 2. The first-order valence-corrected chi connectivity index (χ1v) is 11.3. The van der Waals surface area contributed by atoms with Gasteiger partial charge in [0.15, 0.2) is 5.16 Å². The molecule has 3 aromatic heterocycles. The molecule has 0 aliphatic heterocycles. The zero-order valence-corrected chi connectivity index (χ0v) is 19.3. The van der Waals surface area contributed by atoms with Crippen LogP contribution in [0, 0.1) is 13.8 Å². The van der Waals surface area contributed by atoms with Crippen LogP contribution in [0.25, 0.3) is 0 Å². The first-order valence-electron chi connectivity index (χ1n) is 9.48. The van der Waals surface area contributed by atoms with E-state index in [1.807, 2.05) is 44.6 Å². The van der Waals surface area contributed by atoms with Gasteiger partial charge in [-0.2, -0.15) is 0 Å². The molecule has 3 aromatic rings. The SMILES string of the molecule is CCn1c(Cc2cccn2C)nnc1SCC(=O)Nc1sc(C)c(C)c1C(=O)OC. The molecule has 0 aliphatic rings. The van der Waals surface area contributed by atoms with Crippen LogP contribution in [0.2, 0.25) is 0 Å². The van der Waals surface area contributed by atoms with Gasteiger partial charge in [-0.15, -0.1) is 21.5 Å². The van der Waals surface area contributed by atoms with Gasteiger partial charge < -0.3 is 19.2 Å². The van der Waals surface area contributed by atoms with Crippen molar-refractivity contribution in [3.8, 4) is 0 Å². The van der Waals surface area contributed by atoms with Gasteiger partial charge in [0.1, 0.15) is 10.8 Å². The smallest absolute Gasteiger partial charge is 0.341 e. The van der Waals surface area contributed by atoms with Gasteiger partial charge in [0.25, 0.3) is 0 Å². The minimum absolute atomic E-state index is 0.166. The Morgan fingerprint density at radius 1 is 1.30 bits per heavy atom. The van der Waals surface area contributed by atoms with Gasteiger partial charge in [0.2, 0.25) is 5.91 Å². The second-order valence-corrected chi connectivity index (χ2v) is 8.91. The van der Waals surface area contributed by atoms with Crippen molar-refractivity contribution in [2.24, 2.45) is 7.05 Å². The fraction of sp³-hybridized carbons (Fsp3) is 0.400. The van der Waals surface area contributed by atoms with E-state index >= 15 is 0 Å². The third-order valence-electron chi connectivity index (χ3n) is 4.86. The molecule has 10 heteroatoms. The van der Waals surface area contributed by atoms with Crippen LogP contribution in [0.15, 0.2) is 23.5 Å².